The molecule has 1 aliphatic heterocycles. The number of carbonyl (C=O) groups excluding carboxylic acids is 2. The van der Waals surface area contributed by atoms with Crippen LogP contribution in [-0.2, 0) is 14.6 Å². The average Bonchev–Trinajstić information content (AvgIpc) is 2.42. The highest BCUT2D eigenvalue weighted by atomic mass is 32.2. The number of carbonyl (C=O) groups is 2. The van der Waals surface area contributed by atoms with Crippen LogP contribution in [0.4, 0.5) is 5.69 Å². The van der Waals surface area contributed by atoms with Crippen LogP contribution in [0, 0.1) is 5.92 Å². The third kappa shape index (κ3) is 4.56. The second-order valence-electron chi connectivity index (χ2n) is 5.29. The molecule has 7 heteroatoms. The van der Waals surface area contributed by atoms with E-state index in [1.165, 1.54) is 0 Å². The molecular weight excluding hydrogens is 292 g/mol. The lowest BCUT2D eigenvalue weighted by molar-refractivity contribution is -0.117. The number of rotatable bonds is 4. The van der Waals surface area contributed by atoms with E-state index in [4.69, 9.17) is 5.73 Å². The molecule has 0 atom stereocenters. The van der Waals surface area contributed by atoms with E-state index in [2.05, 4.69) is 5.32 Å². The summed E-state index contributed by atoms with van der Waals surface area (Å²) in [5, 5.41) is 2.74. The van der Waals surface area contributed by atoms with Gasteiger partial charge >= 0.3 is 0 Å². The zero-order valence-electron chi connectivity index (χ0n) is 11.5. The summed E-state index contributed by atoms with van der Waals surface area (Å²) >= 11 is 0. The molecule has 1 aliphatic rings. The van der Waals surface area contributed by atoms with E-state index in [9.17, 15) is 18.0 Å². The Hall–Kier alpha value is -1.89. The summed E-state index contributed by atoms with van der Waals surface area (Å²) in [5.74, 6) is -0.225. The molecule has 1 heterocycles. The standard InChI is InChI=1S/C14H18N2O4S/c15-14(18)11-1-3-12(4-2-11)16-13(17)9-10-5-7-21(19,20)8-6-10/h1-4,10H,5-9H2,(H2,15,18)(H,16,17). The summed E-state index contributed by atoms with van der Waals surface area (Å²) in [6, 6.07) is 6.32. The van der Waals surface area contributed by atoms with Gasteiger partial charge in [0.15, 0.2) is 0 Å². The zero-order valence-corrected chi connectivity index (χ0v) is 12.4. The second-order valence-corrected chi connectivity index (χ2v) is 7.59. The molecule has 2 amide bonds. The quantitative estimate of drug-likeness (QED) is 0.863. The maximum absolute atomic E-state index is 11.9. The fraction of sp³-hybridized carbons (Fsp3) is 0.429. The predicted octanol–water partition coefficient (Wildman–Crippen LogP) is 0.939. The van der Waals surface area contributed by atoms with Crippen molar-refractivity contribution in [2.24, 2.45) is 11.7 Å². The van der Waals surface area contributed by atoms with Gasteiger partial charge in [-0.05, 0) is 43.0 Å². The van der Waals surface area contributed by atoms with E-state index >= 15 is 0 Å². The van der Waals surface area contributed by atoms with Crippen LogP contribution < -0.4 is 11.1 Å². The van der Waals surface area contributed by atoms with Crippen molar-refractivity contribution < 1.29 is 18.0 Å². The number of nitrogens with two attached hydrogens (primary N) is 1. The minimum Gasteiger partial charge on any atom is -0.366 e. The maximum atomic E-state index is 11.9. The van der Waals surface area contributed by atoms with Gasteiger partial charge in [-0.15, -0.1) is 0 Å². The van der Waals surface area contributed by atoms with Gasteiger partial charge in [0.2, 0.25) is 11.8 Å². The number of hydrogen-bond acceptors (Lipinski definition) is 4. The van der Waals surface area contributed by atoms with Gasteiger partial charge in [0.1, 0.15) is 9.84 Å². The molecule has 1 saturated heterocycles. The highest BCUT2D eigenvalue weighted by Crippen LogP contribution is 2.22. The Balaban J connectivity index is 1.86. The summed E-state index contributed by atoms with van der Waals surface area (Å²) in [4.78, 5) is 22.8. The molecule has 21 heavy (non-hydrogen) atoms. The van der Waals surface area contributed by atoms with Gasteiger partial charge in [0, 0.05) is 17.7 Å². The van der Waals surface area contributed by atoms with E-state index < -0.39 is 15.7 Å². The Morgan fingerprint density at radius 2 is 1.71 bits per heavy atom. The topological polar surface area (TPSA) is 106 Å². The zero-order chi connectivity index (χ0) is 15.5. The summed E-state index contributed by atoms with van der Waals surface area (Å²) < 4.78 is 22.6. The van der Waals surface area contributed by atoms with Crippen molar-refractivity contribution in [2.75, 3.05) is 16.8 Å². The summed E-state index contributed by atoms with van der Waals surface area (Å²) in [7, 11) is -2.90. The summed E-state index contributed by atoms with van der Waals surface area (Å²) in [5.41, 5.74) is 6.11. The van der Waals surface area contributed by atoms with Gasteiger partial charge in [-0.3, -0.25) is 9.59 Å². The first kappa shape index (κ1) is 15.5. The van der Waals surface area contributed by atoms with Gasteiger partial charge in [0.25, 0.3) is 0 Å². The molecule has 0 bridgehead atoms. The number of hydrogen-bond donors (Lipinski definition) is 2. The van der Waals surface area contributed by atoms with Crippen molar-refractivity contribution in [3.05, 3.63) is 29.8 Å². The van der Waals surface area contributed by atoms with Crippen molar-refractivity contribution in [1.29, 1.82) is 0 Å². The molecular formula is C14H18N2O4S. The Morgan fingerprint density at radius 3 is 2.24 bits per heavy atom. The molecule has 1 aromatic rings. The van der Waals surface area contributed by atoms with E-state index in [1.54, 1.807) is 24.3 Å². The fourth-order valence-corrected chi connectivity index (χ4v) is 3.92. The Bertz CT molecular complexity index is 623. The van der Waals surface area contributed by atoms with Crippen LogP contribution in [0.5, 0.6) is 0 Å². The number of amides is 2. The molecule has 0 unspecified atom stereocenters. The molecule has 114 valence electrons. The summed E-state index contributed by atoms with van der Waals surface area (Å²) in [6.45, 7) is 0. The molecule has 1 fully saturated rings. The van der Waals surface area contributed by atoms with Crippen LogP contribution in [0.25, 0.3) is 0 Å². The fourth-order valence-electron chi connectivity index (χ4n) is 2.34. The Kier molecular flexibility index (Phi) is 4.62. The van der Waals surface area contributed by atoms with Crippen molar-refractivity contribution in [3.8, 4) is 0 Å². The molecule has 0 saturated carbocycles. The lowest BCUT2D eigenvalue weighted by Crippen LogP contribution is -2.26. The second kappa shape index (κ2) is 6.26. The van der Waals surface area contributed by atoms with Crippen molar-refractivity contribution >= 4 is 27.3 Å². The molecule has 0 aromatic heterocycles. The molecule has 0 aliphatic carbocycles. The molecule has 6 nitrogen and oxygen atoms in total. The van der Waals surface area contributed by atoms with Crippen molar-refractivity contribution in [2.45, 2.75) is 19.3 Å². The SMILES string of the molecule is NC(=O)c1ccc(NC(=O)CC2CCS(=O)(=O)CC2)cc1. The van der Waals surface area contributed by atoms with Gasteiger partial charge in [-0.1, -0.05) is 0 Å². The first-order chi connectivity index (χ1) is 9.85. The molecule has 3 N–H and O–H groups in total. The first-order valence-corrected chi connectivity index (χ1v) is 8.58. The first-order valence-electron chi connectivity index (χ1n) is 6.76. The average molecular weight is 310 g/mol. The lowest BCUT2D eigenvalue weighted by Gasteiger charge is -2.21. The van der Waals surface area contributed by atoms with Crippen LogP contribution in [0.3, 0.4) is 0 Å². The largest absolute Gasteiger partial charge is 0.366 e. The third-order valence-corrected chi connectivity index (χ3v) is 5.32. The van der Waals surface area contributed by atoms with Crippen LogP contribution in [0.15, 0.2) is 24.3 Å². The highest BCUT2D eigenvalue weighted by Gasteiger charge is 2.25. The van der Waals surface area contributed by atoms with Gasteiger partial charge in [0.05, 0.1) is 11.5 Å². The van der Waals surface area contributed by atoms with Gasteiger partial charge < -0.3 is 11.1 Å². The molecule has 0 spiro atoms. The monoisotopic (exact) mass is 310 g/mol. The van der Waals surface area contributed by atoms with E-state index in [1.807, 2.05) is 0 Å². The minimum absolute atomic E-state index is 0.110. The molecule has 1 aromatic carbocycles. The number of benzene rings is 1. The van der Waals surface area contributed by atoms with Crippen LogP contribution in [0.1, 0.15) is 29.6 Å². The number of nitrogens with one attached hydrogen (secondary N) is 1. The Labute approximate surface area is 123 Å². The molecule has 0 radical (unpaired) electrons. The van der Waals surface area contributed by atoms with E-state index in [0.29, 0.717) is 30.5 Å². The summed E-state index contributed by atoms with van der Waals surface area (Å²) in [6.07, 6.45) is 1.39. The lowest BCUT2D eigenvalue weighted by atomic mass is 9.98. The Morgan fingerprint density at radius 1 is 1.14 bits per heavy atom. The normalized spacial score (nSPS) is 18.1. The number of anilines is 1. The van der Waals surface area contributed by atoms with Crippen LogP contribution in [-0.4, -0.2) is 31.7 Å². The maximum Gasteiger partial charge on any atom is 0.248 e. The van der Waals surface area contributed by atoms with Gasteiger partial charge in [-0.2, -0.15) is 0 Å². The van der Waals surface area contributed by atoms with Crippen LogP contribution in [0.2, 0.25) is 0 Å². The highest BCUT2D eigenvalue weighted by molar-refractivity contribution is 7.91. The molecule has 2 rings (SSSR count). The third-order valence-electron chi connectivity index (χ3n) is 3.60. The van der Waals surface area contributed by atoms with Crippen molar-refractivity contribution in [1.82, 2.24) is 0 Å². The minimum atomic E-state index is -2.90. The number of sulfone groups is 1. The predicted molar refractivity (Wildman–Crippen MR) is 79.6 cm³/mol. The van der Waals surface area contributed by atoms with Crippen LogP contribution >= 0.6 is 0 Å². The van der Waals surface area contributed by atoms with Gasteiger partial charge in [-0.25, -0.2) is 8.42 Å². The smallest absolute Gasteiger partial charge is 0.248 e. The van der Waals surface area contributed by atoms with E-state index in [0.717, 1.165) is 0 Å². The number of primary amides is 1. The van der Waals surface area contributed by atoms with E-state index in [-0.39, 0.29) is 23.3 Å². The van der Waals surface area contributed by atoms with Crippen molar-refractivity contribution in [3.63, 3.8) is 0 Å².